The number of halogens is 1. The lowest BCUT2D eigenvalue weighted by Crippen LogP contribution is -2.22. The molecule has 0 saturated carbocycles. The van der Waals surface area contributed by atoms with Gasteiger partial charge in [-0.05, 0) is 30.2 Å². The zero-order valence-electron chi connectivity index (χ0n) is 11.0. The van der Waals surface area contributed by atoms with Crippen LogP contribution < -0.4 is 0 Å². The number of benzene rings is 1. The molecule has 2 rings (SSSR count). The number of nitrogens with zero attached hydrogens (tertiary/aromatic N) is 1. The lowest BCUT2D eigenvalue weighted by Gasteiger charge is -2.15. The van der Waals surface area contributed by atoms with E-state index in [0.717, 1.165) is 25.1 Å². The number of likely N-dealkylation sites (tertiary alicyclic amines) is 1. The maximum absolute atomic E-state index is 13.5. The number of aliphatic hydroxyl groups is 1. The van der Waals surface area contributed by atoms with E-state index < -0.39 is 0 Å². The summed E-state index contributed by atoms with van der Waals surface area (Å²) in [5.41, 5.74) is 1.51. The van der Waals surface area contributed by atoms with E-state index in [1.165, 1.54) is 12.1 Å². The maximum atomic E-state index is 13.5. The molecular weight excluding hydrogens is 245 g/mol. The summed E-state index contributed by atoms with van der Waals surface area (Å²) in [4.78, 5) is 2.24. The Morgan fingerprint density at radius 1 is 1.47 bits per heavy atom. The van der Waals surface area contributed by atoms with Crippen LogP contribution in [-0.2, 0) is 11.3 Å². The lowest BCUT2D eigenvalue weighted by molar-refractivity contribution is 0.107. The van der Waals surface area contributed by atoms with Gasteiger partial charge in [0.1, 0.15) is 12.4 Å². The molecule has 19 heavy (non-hydrogen) atoms. The monoisotopic (exact) mass is 263 g/mol. The first-order chi connectivity index (χ1) is 9.21. The molecule has 1 saturated heterocycles. The van der Waals surface area contributed by atoms with E-state index in [9.17, 15) is 4.39 Å². The van der Waals surface area contributed by atoms with Crippen molar-refractivity contribution in [1.82, 2.24) is 4.90 Å². The fraction of sp³-hybridized carbons (Fsp3) is 0.467. The minimum absolute atomic E-state index is 0.215. The number of methoxy groups -OCH3 is 1. The molecule has 1 aromatic rings. The van der Waals surface area contributed by atoms with E-state index in [1.54, 1.807) is 7.11 Å². The van der Waals surface area contributed by atoms with Crippen LogP contribution in [0.1, 0.15) is 17.5 Å². The second-order valence-electron chi connectivity index (χ2n) is 4.69. The summed E-state index contributed by atoms with van der Waals surface area (Å²) in [5.74, 6) is 4.98. The number of ether oxygens (including phenoxy) is 1. The minimum atomic E-state index is -0.290. The van der Waals surface area contributed by atoms with Gasteiger partial charge in [-0.15, -0.1) is 0 Å². The van der Waals surface area contributed by atoms with Gasteiger partial charge in [-0.3, -0.25) is 4.90 Å². The lowest BCUT2D eigenvalue weighted by atomic mass is 10.1. The molecule has 0 amide bonds. The summed E-state index contributed by atoms with van der Waals surface area (Å²) < 4.78 is 18.8. The van der Waals surface area contributed by atoms with Crippen molar-refractivity contribution in [3.8, 4) is 11.8 Å². The number of hydrogen-bond donors (Lipinski definition) is 1. The first kappa shape index (κ1) is 14.0. The van der Waals surface area contributed by atoms with Crippen molar-refractivity contribution in [2.75, 3.05) is 26.8 Å². The molecule has 1 unspecified atom stereocenters. The molecule has 3 nitrogen and oxygen atoms in total. The van der Waals surface area contributed by atoms with Gasteiger partial charge in [-0.25, -0.2) is 4.39 Å². The van der Waals surface area contributed by atoms with Crippen molar-refractivity contribution >= 4 is 0 Å². The largest absolute Gasteiger partial charge is 0.384 e. The van der Waals surface area contributed by atoms with E-state index in [4.69, 9.17) is 9.84 Å². The summed E-state index contributed by atoms with van der Waals surface area (Å²) in [6.07, 6.45) is 1.30. The van der Waals surface area contributed by atoms with Crippen molar-refractivity contribution in [3.63, 3.8) is 0 Å². The molecule has 4 heteroatoms. The molecule has 1 aromatic carbocycles. The smallest absolute Gasteiger partial charge is 0.124 e. The first-order valence-corrected chi connectivity index (χ1v) is 6.35. The second-order valence-corrected chi connectivity index (χ2v) is 4.69. The quantitative estimate of drug-likeness (QED) is 0.837. The summed E-state index contributed by atoms with van der Waals surface area (Å²) in [6, 6.07) is 4.78. The summed E-state index contributed by atoms with van der Waals surface area (Å²) >= 11 is 0. The van der Waals surface area contributed by atoms with Crippen LogP contribution in [-0.4, -0.2) is 42.9 Å². The van der Waals surface area contributed by atoms with Gasteiger partial charge in [0.05, 0.1) is 6.10 Å². The molecule has 1 N–H and O–H groups in total. The molecule has 0 aromatic heterocycles. The van der Waals surface area contributed by atoms with Gasteiger partial charge < -0.3 is 9.84 Å². The van der Waals surface area contributed by atoms with Crippen molar-refractivity contribution in [3.05, 3.63) is 35.1 Å². The van der Waals surface area contributed by atoms with Gasteiger partial charge in [-0.2, -0.15) is 0 Å². The summed E-state index contributed by atoms with van der Waals surface area (Å²) in [7, 11) is 1.72. The van der Waals surface area contributed by atoms with Gasteiger partial charge in [0.15, 0.2) is 0 Å². The number of rotatable bonds is 3. The average molecular weight is 263 g/mol. The van der Waals surface area contributed by atoms with E-state index in [1.807, 2.05) is 6.07 Å². The predicted octanol–water partition coefficient (Wildman–Crippen LogP) is 1.39. The Labute approximate surface area is 113 Å². The van der Waals surface area contributed by atoms with Gasteiger partial charge in [0, 0.05) is 32.3 Å². The number of aliphatic hydroxyl groups excluding tert-OH is 1. The zero-order valence-corrected chi connectivity index (χ0v) is 11.0. The molecule has 102 valence electrons. The van der Waals surface area contributed by atoms with Crippen molar-refractivity contribution in [2.24, 2.45) is 0 Å². The van der Waals surface area contributed by atoms with Gasteiger partial charge in [0.25, 0.3) is 0 Å². The van der Waals surface area contributed by atoms with Crippen LogP contribution in [0.2, 0.25) is 0 Å². The molecule has 1 heterocycles. The third-order valence-corrected chi connectivity index (χ3v) is 3.24. The van der Waals surface area contributed by atoms with Gasteiger partial charge >= 0.3 is 0 Å². The molecular formula is C15H18FNO2. The molecule has 1 fully saturated rings. The van der Waals surface area contributed by atoms with E-state index in [-0.39, 0.29) is 18.5 Å². The third-order valence-electron chi connectivity index (χ3n) is 3.24. The Morgan fingerprint density at radius 3 is 3.00 bits per heavy atom. The standard InChI is InChI=1S/C15H18FNO2/c1-19-15-4-5-17(11-15)10-13-7-12(3-2-6-18)8-14(16)9-13/h7-9,15,18H,4-6,10-11H2,1H3. The predicted molar refractivity (Wildman–Crippen MR) is 71.1 cm³/mol. The van der Waals surface area contributed by atoms with Crippen molar-refractivity contribution < 1.29 is 14.2 Å². The summed E-state index contributed by atoms with van der Waals surface area (Å²) in [6.45, 7) is 2.33. The molecule has 0 radical (unpaired) electrons. The van der Waals surface area contributed by atoms with Gasteiger partial charge in [-0.1, -0.05) is 11.8 Å². The first-order valence-electron chi connectivity index (χ1n) is 6.35. The second kappa shape index (κ2) is 6.67. The molecule has 0 aliphatic carbocycles. The van der Waals surface area contributed by atoms with Crippen LogP contribution in [0.15, 0.2) is 18.2 Å². The Morgan fingerprint density at radius 2 is 2.32 bits per heavy atom. The van der Waals surface area contributed by atoms with E-state index >= 15 is 0 Å². The normalized spacial score (nSPS) is 19.2. The fourth-order valence-corrected chi connectivity index (χ4v) is 2.35. The number of hydrogen-bond acceptors (Lipinski definition) is 3. The molecule has 1 atom stereocenters. The van der Waals surface area contributed by atoms with Crippen molar-refractivity contribution in [2.45, 2.75) is 19.1 Å². The average Bonchev–Trinajstić information content (AvgIpc) is 2.83. The van der Waals surface area contributed by atoms with Crippen LogP contribution in [0, 0.1) is 17.7 Å². The molecule has 0 spiro atoms. The Bertz CT molecular complexity index is 493. The maximum Gasteiger partial charge on any atom is 0.124 e. The van der Waals surface area contributed by atoms with Crippen molar-refractivity contribution in [1.29, 1.82) is 0 Å². The van der Waals surface area contributed by atoms with Crippen LogP contribution >= 0.6 is 0 Å². The van der Waals surface area contributed by atoms with E-state index in [2.05, 4.69) is 16.7 Å². The Hall–Kier alpha value is -1.41. The zero-order chi connectivity index (χ0) is 13.7. The van der Waals surface area contributed by atoms with E-state index in [0.29, 0.717) is 12.1 Å². The highest BCUT2D eigenvalue weighted by molar-refractivity contribution is 5.37. The fourth-order valence-electron chi connectivity index (χ4n) is 2.35. The minimum Gasteiger partial charge on any atom is -0.384 e. The van der Waals surface area contributed by atoms with Crippen LogP contribution in [0.3, 0.4) is 0 Å². The highest BCUT2D eigenvalue weighted by Gasteiger charge is 2.21. The molecule has 0 bridgehead atoms. The highest BCUT2D eigenvalue weighted by atomic mass is 19.1. The van der Waals surface area contributed by atoms with Crippen LogP contribution in [0.25, 0.3) is 0 Å². The topological polar surface area (TPSA) is 32.7 Å². The van der Waals surface area contributed by atoms with Crippen LogP contribution in [0.4, 0.5) is 4.39 Å². The third kappa shape index (κ3) is 4.03. The highest BCUT2D eigenvalue weighted by Crippen LogP contribution is 2.17. The summed E-state index contributed by atoms with van der Waals surface area (Å²) in [5, 5.41) is 8.66. The van der Waals surface area contributed by atoms with Gasteiger partial charge in [0.2, 0.25) is 0 Å². The molecule has 1 aliphatic rings. The molecule has 1 aliphatic heterocycles. The van der Waals surface area contributed by atoms with Crippen LogP contribution in [0.5, 0.6) is 0 Å². The Kier molecular flexibility index (Phi) is 4.92. The Balaban J connectivity index is 2.06. The SMILES string of the molecule is COC1CCN(Cc2cc(F)cc(C#CCO)c2)C1.